The molecule has 0 bridgehead atoms. The summed E-state index contributed by atoms with van der Waals surface area (Å²) in [4.78, 5) is 13.3. The summed E-state index contributed by atoms with van der Waals surface area (Å²) in [5, 5.41) is 9.29. The topological polar surface area (TPSA) is 45.5 Å². The lowest BCUT2D eigenvalue weighted by Gasteiger charge is -2.28. The van der Waals surface area contributed by atoms with Gasteiger partial charge in [-0.15, -0.1) is 0 Å². The van der Waals surface area contributed by atoms with E-state index in [1.165, 1.54) is 12.1 Å². The molecular weight excluding hydrogens is 417 g/mol. The van der Waals surface area contributed by atoms with Crippen LogP contribution in [0, 0.1) is 0 Å². The predicted molar refractivity (Wildman–Crippen MR) is 109 cm³/mol. The Labute approximate surface area is 177 Å². The molecule has 2 aliphatic rings. The van der Waals surface area contributed by atoms with E-state index in [4.69, 9.17) is 11.6 Å². The maximum atomic E-state index is 13.5. The maximum Gasteiger partial charge on any atom is 0.416 e. The van der Waals surface area contributed by atoms with Crippen LogP contribution in [0.15, 0.2) is 36.0 Å². The highest BCUT2D eigenvalue weighted by atomic mass is 35.5. The van der Waals surface area contributed by atoms with Gasteiger partial charge in [0.05, 0.1) is 11.3 Å². The van der Waals surface area contributed by atoms with Gasteiger partial charge in [-0.2, -0.15) is 13.2 Å². The van der Waals surface area contributed by atoms with Crippen molar-refractivity contribution in [3.63, 3.8) is 0 Å². The van der Waals surface area contributed by atoms with E-state index in [-0.39, 0.29) is 17.1 Å². The molecular formula is C22H22ClF3N2O2. The van der Waals surface area contributed by atoms with Crippen LogP contribution < -0.4 is 4.90 Å². The van der Waals surface area contributed by atoms with Gasteiger partial charge >= 0.3 is 12.1 Å². The van der Waals surface area contributed by atoms with Crippen LogP contribution in [0.1, 0.15) is 41.6 Å². The number of hydrogen-bond donors (Lipinski definition) is 1. The normalized spacial score (nSPS) is 16.9. The Kier molecular flexibility index (Phi) is 5.57. The zero-order chi connectivity index (χ0) is 21.5. The fourth-order valence-corrected chi connectivity index (χ4v) is 4.67. The zero-order valence-corrected chi connectivity index (χ0v) is 17.1. The number of hydrogen-bond acceptors (Lipinski definition) is 2. The summed E-state index contributed by atoms with van der Waals surface area (Å²) in [6.45, 7) is 1.12. The Morgan fingerprint density at radius 2 is 1.93 bits per heavy atom. The molecule has 1 aliphatic carbocycles. The number of carboxylic acid groups (broad SMARTS) is 1. The third kappa shape index (κ3) is 3.95. The lowest BCUT2D eigenvalue weighted by molar-refractivity contribution is -0.138. The molecule has 30 heavy (non-hydrogen) atoms. The number of aliphatic carboxylic acids is 1. The van der Waals surface area contributed by atoms with Gasteiger partial charge in [0.25, 0.3) is 0 Å². The monoisotopic (exact) mass is 438 g/mol. The predicted octanol–water partition coefficient (Wildman–Crippen LogP) is 5.31. The number of carbonyl (C=O) groups is 1. The van der Waals surface area contributed by atoms with Crippen molar-refractivity contribution in [2.24, 2.45) is 0 Å². The van der Waals surface area contributed by atoms with E-state index in [0.29, 0.717) is 25.1 Å². The number of halogens is 4. The van der Waals surface area contributed by atoms with Crippen LogP contribution in [0.3, 0.4) is 0 Å². The smallest absolute Gasteiger partial charge is 0.416 e. The summed E-state index contributed by atoms with van der Waals surface area (Å²) >= 11 is 6.18. The lowest BCUT2D eigenvalue weighted by Crippen LogP contribution is -2.30. The van der Waals surface area contributed by atoms with E-state index in [9.17, 15) is 23.1 Å². The molecule has 1 aromatic carbocycles. The fourth-order valence-electron chi connectivity index (χ4n) is 4.44. The minimum atomic E-state index is -4.47. The highest BCUT2D eigenvalue weighted by molar-refractivity contribution is 6.31. The van der Waals surface area contributed by atoms with Crippen molar-refractivity contribution in [3.05, 3.63) is 63.5 Å². The third-order valence-electron chi connectivity index (χ3n) is 5.95. The molecule has 1 N–H and O–H groups in total. The number of anilines is 1. The first-order chi connectivity index (χ1) is 14.3. The molecule has 0 radical (unpaired) electrons. The highest BCUT2D eigenvalue weighted by Gasteiger charge is 2.34. The van der Waals surface area contributed by atoms with Crippen molar-refractivity contribution in [1.29, 1.82) is 0 Å². The first kappa shape index (κ1) is 20.8. The molecule has 0 fully saturated rings. The van der Waals surface area contributed by atoms with Crippen molar-refractivity contribution in [2.45, 2.75) is 44.8 Å². The number of carboxylic acids is 1. The largest absolute Gasteiger partial charge is 0.478 e. The second-order valence-electron chi connectivity index (χ2n) is 7.77. The SMILES string of the molecule is O=C(O)C1=CCN(c2cn(Cc3c(Cl)cccc3C(F)(F)F)c3c2CCCC3)CC1. The van der Waals surface area contributed by atoms with Crippen molar-refractivity contribution >= 4 is 23.3 Å². The number of benzene rings is 1. The summed E-state index contributed by atoms with van der Waals surface area (Å²) in [5.74, 6) is -0.896. The first-order valence-corrected chi connectivity index (χ1v) is 10.4. The summed E-state index contributed by atoms with van der Waals surface area (Å²) in [6, 6.07) is 3.89. The van der Waals surface area contributed by atoms with E-state index in [1.54, 1.807) is 6.08 Å². The molecule has 0 amide bonds. The van der Waals surface area contributed by atoms with Crippen molar-refractivity contribution in [1.82, 2.24) is 4.57 Å². The van der Waals surface area contributed by atoms with Gasteiger partial charge in [-0.25, -0.2) is 4.79 Å². The second-order valence-corrected chi connectivity index (χ2v) is 8.18. The van der Waals surface area contributed by atoms with Gasteiger partial charge < -0.3 is 14.6 Å². The number of rotatable bonds is 4. The van der Waals surface area contributed by atoms with E-state index in [2.05, 4.69) is 4.90 Å². The van der Waals surface area contributed by atoms with Gasteiger partial charge in [-0.1, -0.05) is 23.7 Å². The third-order valence-corrected chi connectivity index (χ3v) is 6.30. The molecule has 0 saturated heterocycles. The Balaban J connectivity index is 1.71. The molecule has 0 unspecified atom stereocenters. The summed E-state index contributed by atoms with van der Waals surface area (Å²) in [7, 11) is 0. The molecule has 0 spiro atoms. The Bertz CT molecular complexity index is 1010. The summed E-state index contributed by atoms with van der Waals surface area (Å²) in [5.41, 5.74) is 2.98. The minimum Gasteiger partial charge on any atom is -0.478 e. The van der Waals surface area contributed by atoms with Gasteiger partial charge in [-0.3, -0.25) is 0 Å². The van der Waals surface area contributed by atoms with Gasteiger partial charge in [0, 0.05) is 47.7 Å². The quantitative estimate of drug-likeness (QED) is 0.703. The minimum absolute atomic E-state index is 0.0565. The molecule has 2 heterocycles. The van der Waals surface area contributed by atoms with Gasteiger partial charge in [0.15, 0.2) is 0 Å². The standard InChI is InChI=1S/C22H22ClF3N2O2/c23-18-6-3-5-17(22(24,25)26)16(18)12-28-13-20(15-4-1-2-7-19(15)28)27-10-8-14(9-11-27)21(29)30/h3,5-6,8,13H,1-2,4,7,9-12H2,(H,29,30). The van der Waals surface area contributed by atoms with Gasteiger partial charge in [0.1, 0.15) is 0 Å². The maximum absolute atomic E-state index is 13.5. The zero-order valence-electron chi connectivity index (χ0n) is 16.3. The van der Waals surface area contributed by atoms with E-state index in [0.717, 1.165) is 48.7 Å². The average Bonchev–Trinajstić information content (AvgIpc) is 3.07. The van der Waals surface area contributed by atoms with Gasteiger partial charge in [-0.05, 0) is 49.8 Å². The Morgan fingerprint density at radius 3 is 2.60 bits per heavy atom. The first-order valence-electron chi connectivity index (χ1n) is 9.98. The molecule has 1 aromatic heterocycles. The molecule has 4 nitrogen and oxygen atoms in total. The van der Waals surface area contributed by atoms with Crippen molar-refractivity contribution < 1.29 is 23.1 Å². The second kappa shape index (κ2) is 8.02. The molecule has 160 valence electrons. The van der Waals surface area contributed by atoms with Crippen LogP contribution in [-0.2, 0) is 30.4 Å². The number of fused-ring (bicyclic) bond motifs is 1. The molecule has 0 saturated carbocycles. The van der Waals surface area contributed by atoms with Crippen LogP contribution in [0.25, 0.3) is 0 Å². The van der Waals surface area contributed by atoms with Crippen LogP contribution in [0.2, 0.25) is 5.02 Å². The van der Waals surface area contributed by atoms with Crippen molar-refractivity contribution in [3.8, 4) is 0 Å². The molecule has 1 aliphatic heterocycles. The van der Waals surface area contributed by atoms with Crippen LogP contribution in [-0.4, -0.2) is 28.7 Å². The number of aromatic nitrogens is 1. The van der Waals surface area contributed by atoms with Crippen LogP contribution >= 0.6 is 11.6 Å². The summed E-state index contributed by atoms with van der Waals surface area (Å²) < 4.78 is 42.5. The fraction of sp³-hybridized carbons (Fsp3) is 0.409. The average molecular weight is 439 g/mol. The molecule has 2 aromatic rings. The number of alkyl halides is 3. The van der Waals surface area contributed by atoms with Crippen LogP contribution in [0.5, 0.6) is 0 Å². The number of nitrogens with zero attached hydrogens (tertiary/aromatic N) is 2. The molecule has 0 atom stereocenters. The van der Waals surface area contributed by atoms with Gasteiger partial charge in [0.2, 0.25) is 0 Å². The highest BCUT2D eigenvalue weighted by Crippen LogP contribution is 2.38. The molecule has 4 rings (SSSR count). The Hall–Kier alpha value is -2.41. The van der Waals surface area contributed by atoms with E-state index >= 15 is 0 Å². The van der Waals surface area contributed by atoms with Crippen molar-refractivity contribution in [2.75, 3.05) is 18.0 Å². The summed E-state index contributed by atoms with van der Waals surface area (Å²) in [6.07, 6.45) is 3.32. The molecule has 8 heteroatoms. The van der Waals surface area contributed by atoms with Crippen LogP contribution in [0.4, 0.5) is 18.9 Å². The van der Waals surface area contributed by atoms with E-state index in [1.807, 2.05) is 10.8 Å². The van der Waals surface area contributed by atoms with E-state index < -0.39 is 17.7 Å². The lowest BCUT2D eigenvalue weighted by atomic mass is 9.96. The Morgan fingerprint density at radius 1 is 1.17 bits per heavy atom.